The Morgan fingerprint density at radius 1 is 1.08 bits per heavy atom. The van der Waals surface area contributed by atoms with Crippen molar-refractivity contribution in [2.75, 3.05) is 33.3 Å². The second-order valence-corrected chi connectivity index (χ2v) is 9.08. The topological polar surface area (TPSA) is 110 Å². The fraction of sp³-hybridized carbons (Fsp3) is 0.417. The predicted octanol–water partition coefficient (Wildman–Crippen LogP) is 3.60. The van der Waals surface area contributed by atoms with Gasteiger partial charge in [-0.25, -0.2) is 4.79 Å². The molecule has 10 nitrogen and oxygen atoms in total. The van der Waals surface area contributed by atoms with E-state index in [-0.39, 0.29) is 30.1 Å². The van der Waals surface area contributed by atoms with Crippen LogP contribution in [-0.4, -0.2) is 76.9 Å². The van der Waals surface area contributed by atoms with Crippen LogP contribution in [0.4, 0.5) is 18.0 Å². The van der Waals surface area contributed by atoms with Gasteiger partial charge in [-0.3, -0.25) is 9.89 Å². The number of nitrogens with zero attached hydrogens (tertiary/aromatic N) is 4. The zero-order chi connectivity index (χ0) is 26.2. The molecular formula is C24H24F3N5O5. The van der Waals surface area contributed by atoms with Gasteiger partial charge in [0.1, 0.15) is 23.6 Å². The van der Waals surface area contributed by atoms with Crippen LogP contribution in [0.3, 0.4) is 0 Å². The van der Waals surface area contributed by atoms with Crippen molar-refractivity contribution in [1.82, 2.24) is 25.2 Å². The largest absolute Gasteiger partial charge is 0.573 e. The molecule has 3 aromatic rings. The normalized spacial score (nSPS) is 19.6. The van der Waals surface area contributed by atoms with E-state index in [1.54, 1.807) is 28.0 Å². The molecule has 0 saturated carbocycles. The van der Waals surface area contributed by atoms with Crippen LogP contribution in [0.5, 0.6) is 11.5 Å². The lowest BCUT2D eigenvalue weighted by Crippen LogP contribution is -2.43. The number of carbonyl (C=O) groups is 2. The first-order valence-electron chi connectivity index (χ1n) is 11.6. The maximum atomic E-state index is 13.1. The Labute approximate surface area is 209 Å². The summed E-state index contributed by atoms with van der Waals surface area (Å²) < 4.78 is 51.8. The standard InChI is InChI=1S/C24H24F3N5O5/c1-35-21-9-18(37-24(25,26)27)4-2-16(21)13-36-23(34)31-7-6-15-10-32(12-17(15)11-31)22(33)14-3-5-19-20(8-14)29-30-28-19/h2-5,8-9,15,17H,6-7,10-13H2,1H3,(H,28,29,30)/t15-,17-/m0/s1. The average Bonchev–Trinajstić information content (AvgIpc) is 3.52. The molecule has 0 radical (unpaired) electrons. The Kier molecular flexibility index (Phi) is 6.52. The number of methoxy groups -OCH3 is 1. The van der Waals surface area contributed by atoms with Gasteiger partial charge in [0.25, 0.3) is 5.91 Å². The summed E-state index contributed by atoms with van der Waals surface area (Å²) in [7, 11) is 1.31. The van der Waals surface area contributed by atoms with Crippen LogP contribution >= 0.6 is 0 Å². The van der Waals surface area contributed by atoms with Crippen LogP contribution < -0.4 is 9.47 Å². The molecule has 0 spiro atoms. The number of aromatic nitrogens is 3. The van der Waals surface area contributed by atoms with Crippen molar-refractivity contribution in [1.29, 1.82) is 0 Å². The van der Waals surface area contributed by atoms with Gasteiger partial charge in [-0.15, -0.1) is 18.3 Å². The Balaban J connectivity index is 1.16. The molecule has 0 bridgehead atoms. The number of amides is 2. The van der Waals surface area contributed by atoms with Gasteiger partial charge in [-0.05, 0) is 48.6 Å². The zero-order valence-corrected chi connectivity index (χ0v) is 19.8. The quantitative estimate of drug-likeness (QED) is 0.549. The van der Waals surface area contributed by atoms with E-state index >= 15 is 0 Å². The van der Waals surface area contributed by atoms with Crippen molar-refractivity contribution >= 4 is 23.0 Å². The van der Waals surface area contributed by atoms with Crippen LogP contribution in [0, 0.1) is 11.8 Å². The minimum absolute atomic E-state index is 0.0847. The number of halogens is 3. The molecular weight excluding hydrogens is 495 g/mol. The summed E-state index contributed by atoms with van der Waals surface area (Å²) in [4.78, 5) is 29.2. The minimum Gasteiger partial charge on any atom is -0.496 e. The molecule has 2 amide bonds. The van der Waals surface area contributed by atoms with Crippen molar-refractivity contribution in [3.63, 3.8) is 0 Å². The highest BCUT2D eigenvalue weighted by Crippen LogP contribution is 2.33. The number of alkyl halides is 3. The number of carbonyl (C=O) groups excluding carboxylic acids is 2. The van der Waals surface area contributed by atoms with Crippen LogP contribution in [0.1, 0.15) is 22.3 Å². The van der Waals surface area contributed by atoms with Gasteiger partial charge >= 0.3 is 12.5 Å². The number of fused-ring (bicyclic) bond motifs is 2. The number of hydrogen-bond acceptors (Lipinski definition) is 7. The van der Waals surface area contributed by atoms with Gasteiger partial charge < -0.3 is 24.0 Å². The molecule has 3 heterocycles. The van der Waals surface area contributed by atoms with Gasteiger partial charge in [-0.1, -0.05) is 5.21 Å². The highest BCUT2D eigenvalue weighted by atomic mass is 19.4. The molecule has 37 heavy (non-hydrogen) atoms. The number of hydrogen-bond donors (Lipinski definition) is 1. The minimum atomic E-state index is -4.82. The Morgan fingerprint density at radius 3 is 2.65 bits per heavy atom. The summed E-state index contributed by atoms with van der Waals surface area (Å²) in [6, 6.07) is 8.81. The lowest BCUT2D eigenvalue weighted by atomic mass is 9.89. The van der Waals surface area contributed by atoms with Crippen LogP contribution in [0.25, 0.3) is 11.0 Å². The van der Waals surface area contributed by atoms with Crippen molar-refractivity contribution in [3.8, 4) is 11.5 Å². The van der Waals surface area contributed by atoms with Gasteiger partial charge in [0, 0.05) is 43.4 Å². The van der Waals surface area contributed by atoms with E-state index in [0.29, 0.717) is 42.8 Å². The molecule has 196 valence electrons. The molecule has 2 atom stereocenters. The van der Waals surface area contributed by atoms with E-state index in [1.807, 2.05) is 0 Å². The number of H-pyrrole nitrogens is 1. The number of rotatable bonds is 5. The average molecular weight is 519 g/mol. The van der Waals surface area contributed by atoms with Gasteiger partial charge in [0.05, 0.1) is 12.6 Å². The van der Waals surface area contributed by atoms with E-state index in [2.05, 4.69) is 20.1 Å². The molecule has 0 aliphatic carbocycles. The third-order valence-corrected chi connectivity index (χ3v) is 6.76. The summed E-state index contributed by atoms with van der Waals surface area (Å²) >= 11 is 0. The maximum absolute atomic E-state index is 13.1. The third kappa shape index (κ3) is 5.39. The first kappa shape index (κ1) is 24.7. The van der Waals surface area contributed by atoms with Crippen molar-refractivity contribution in [3.05, 3.63) is 47.5 Å². The lowest BCUT2D eigenvalue weighted by molar-refractivity contribution is -0.274. The fourth-order valence-electron chi connectivity index (χ4n) is 4.93. The summed E-state index contributed by atoms with van der Waals surface area (Å²) in [6.45, 7) is 1.91. The maximum Gasteiger partial charge on any atom is 0.573 e. The number of ether oxygens (including phenoxy) is 3. The number of piperidine rings is 1. The molecule has 2 aliphatic heterocycles. The monoisotopic (exact) mass is 519 g/mol. The van der Waals surface area contributed by atoms with Gasteiger partial charge in [0.15, 0.2) is 0 Å². The fourth-order valence-corrected chi connectivity index (χ4v) is 4.93. The number of likely N-dealkylation sites (tertiary alicyclic amines) is 2. The molecule has 1 N–H and O–H groups in total. The molecule has 2 aliphatic rings. The lowest BCUT2D eigenvalue weighted by Gasteiger charge is -2.33. The summed E-state index contributed by atoms with van der Waals surface area (Å²) in [5, 5.41) is 10.5. The molecule has 13 heteroatoms. The number of benzene rings is 2. The van der Waals surface area contributed by atoms with E-state index in [9.17, 15) is 22.8 Å². The highest BCUT2D eigenvalue weighted by Gasteiger charge is 2.40. The van der Waals surface area contributed by atoms with Crippen molar-refractivity contribution in [2.24, 2.45) is 11.8 Å². The van der Waals surface area contributed by atoms with E-state index < -0.39 is 18.2 Å². The summed E-state index contributed by atoms with van der Waals surface area (Å²) in [6.07, 6.45) is -4.62. The third-order valence-electron chi connectivity index (χ3n) is 6.76. The molecule has 2 saturated heterocycles. The second kappa shape index (κ2) is 9.79. The van der Waals surface area contributed by atoms with Crippen LogP contribution in [0.15, 0.2) is 36.4 Å². The zero-order valence-electron chi connectivity index (χ0n) is 19.8. The van der Waals surface area contributed by atoms with Crippen molar-refractivity contribution in [2.45, 2.75) is 19.4 Å². The molecule has 0 unspecified atom stereocenters. The smallest absolute Gasteiger partial charge is 0.496 e. The van der Waals surface area contributed by atoms with E-state index in [4.69, 9.17) is 9.47 Å². The SMILES string of the molecule is COc1cc(OC(F)(F)F)ccc1COC(=O)N1CC[C@H]2CN(C(=O)c3ccc4[nH]nnc4c3)C[C@@H]2C1. The van der Waals surface area contributed by atoms with Crippen LogP contribution in [-0.2, 0) is 11.3 Å². The van der Waals surface area contributed by atoms with E-state index in [1.165, 1.54) is 13.2 Å². The first-order chi connectivity index (χ1) is 17.7. The van der Waals surface area contributed by atoms with Crippen molar-refractivity contribution < 1.29 is 37.0 Å². The molecule has 1 aromatic heterocycles. The van der Waals surface area contributed by atoms with E-state index in [0.717, 1.165) is 24.1 Å². The summed E-state index contributed by atoms with van der Waals surface area (Å²) in [5.41, 5.74) is 2.32. The molecule has 2 fully saturated rings. The summed E-state index contributed by atoms with van der Waals surface area (Å²) in [5.74, 6) is 0.00249. The number of nitrogens with one attached hydrogen (secondary N) is 1. The Bertz CT molecular complexity index is 1310. The highest BCUT2D eigenvalue weighted by molar-refractivity contribution is 5.97. The Hall–Kier alpha value is -4.03. The second-order valence-electron chi connectivity index (χ2n) is 9.08. The number of aromatic amines is 1. The van der Waals surface area contributed by atoms with Gasteiger partial charge in [-0.2, -0.15) is 0 Å². The molecule has 5 rings (SSSR count). The van der Waals surface area contributed by atoms with Crippen LogP contribution in [0.2, 0.25) is 0 Å². The Morgan fingerprint density at radius 2 is 1.86 bits per heavy atom. The predicted molar refractivity (Wildman–Crippen MR) is 123 cm³/mol. The molecule has 2 aromatic carbocycles. The first-order valence-corrected chi connectivity index (χ1v) is 11.6. The van der Waals surface area contributed by atoms with Gasteiger partial charge in [0.2, 0.25) is 0 Å².